The average molecular weight is 303 g/mol. The summed E-state index contributed by atoms with van der Waals surface area (Å²) in [4.78, 5) is 8.55. The summed E-state index contributed by atoms with van der Waals surface area (Å²) in [5.74, 6) is 1.09. The molecular weight excluding hydrogens is 282 g/mol. The monoisotopic (exact) mass is 303 g/mol. The van der Waals surface area contributed by atoms with E-state index in [0.717, 1.165) is 12.1 Å². The van der Waals surface area contributed by atoms with Gasteiger partial charge < -0.3 is 14.8 Å². The van der Waals surface area contributed by atoms with Gasteiger partial charge >= 0.3 is 0 Å². The molecule has 2 atom stereocenters. The Labute approximate surface area is 129 Å². The highest BCUT2D eigenvalue weighted by Crippen LogP contribution is 2.32. The molecule has 0 aliphatic carbocycles. The van der Waals surface area contributed by atoms with Gasteiger partial charge in [0.15, 0.2) is 0 Å². The number of anilines is 1. The molecule has 1 aliphatic rings. The van der Waals surface area contributed by atoms with Crippen molar-refractivity contribution in [3.8, 4) is 5.88 Å². The molecule has 118 valence electrons. The molecule has 0 amide bonds. The van der Waals surface area contributed by atoms with Crippen molar-refractivity contribution in [1.82, 2.24) is 19.7 Å². The molecule has 1 N–H and O–H groups in total. The van der Waals surface area contributed by atoms with Crippen LogP contribution in [0.15, 0.2) is 24.5 Å². The van der Waals surface area contributed by atoms with Crippen LogP contribution in [0.2, 0.25) is 0 Å². The van der Waals surface area contributed by atoms with Crippen LogP contribution >= 0.6 is 0 Å². The Morgan fingerprint density at radius 2 is 2.23 bits per heavy atom. The normalized spacial score (nSPS) is 21.3. The fourth-order valence-corrected chi connectivity index (χ4v) is 2.70. The van der Waals surface area contributed by atoms with Gasteiger partial charge in [0.25, 0.3) is 0 Å². The molecule has 1 aliphatic heterocycles. The third kappa shape index (κ3) is 2.89. The van der Waals surface area contributed by atoms with E-state index in [0.29, 0.717) is 24.5 Å². The molecule has 0 spiro atoms. The lowest BCUT2D eigenvalue weighted by Crippen LogP contribution is -2.26. The maximum atomic E-state index is 5.92. The van der Waals surface area contributed by atoms with Crippen LogP contribution in [0.5, 0.6) is 5.88 Å². The largest absolute Gasteiger partial charge is 0.481 e. The summed E-state index contributed by atoms with van der Waals surface area (Å²) in [6.45, 7) is 4.92. The Balaban J connectivity index is 1.79. The van der Waals surface area contributed by atoms with Gasteiger partial charge in [-0.2, -0.15) is 10.1 Å². The van der Waals surface area contributed by atoms with Crippen molar-refractivity contribution in [2.24, 2.45) is 0 Å². The maximum Gasteiger partial charge on any atom is 0.226 e. The zero-order chi connectivity index (χ0) is 15.5. The van der Waals surface area contributed by atoms with Crippen LogP contribution in [0.25, 0.3) is 0 Å². The van der Waals surface area contributed by atoms with E-state index in [-0.39, 0.29) is 12.1 Å². The van der Waals surface area contributed by atoms with Gasteiger partial charge in [-0.1, -0.05) is 0 Å². The molecule has 3 heterocycles. The number of aromatic nitrogens is 4. The molecule has 1 fully saturated rings. The first-order valence-electron chi connectivity index (χ1n) is 7.47. The smallest absolute Gasteiger partial charge is 0.226 e. The number of rotatable bonds is 5. The second-order valence-electron chi connectivity index (χ2n) is 5.55. The van der Waals surface area contributed by atoms with Crippen molar-refractivity contribution in [2.45, 2.75) is 38.5 Å². The number of methoxy groups -OCH3 is 1. The van der Waals surface area contributed by atoms with Crippen LogP contribution in [0.4, 0.5) is 5.95 Å². The van der Waals surface area contributed by atoms with Gasteiger partial charge in [-0.05, 0) is 26.3 Å². The molecule has 22 heavy (non-hydrogen) atoms. The van der Waals surface area contributed by atoms with E-state index in [9.17, 15) is 0 Å². The molecule has 1 saturated heterocycles. The van der Waals surface area contributed by atoms with Gasteiger partial charge in [0.2, 0.25) is 11.8 Å². The third-order valence-electron chi connectivity index (χ3n) is 3.73. The van der Waals surface area contributed by atoms with Gasteiger partial charge in [0.1, 0.15) is 6.10 Å². The SMILES string of the molecule is COc1ccnc(N[C@H]2CCO[C@@H]2c2ccnn2C(C)C)n1. The molecule has 2 aromatic heterocycles. The second-order valence-corrected chi connectivity index (χ2v) is 5.55. The van der Waals surface area contributed by atoms with Crippen LogP contribution in [0.1, 0.15) is 38.1 Å². The Kier molecular flexibility index (Phi) is 4.24. The van der Waals surface area contributed by atoms with Gasteiger partial charge in [0.05, 0.1) is 18.8 Å². The van der Waals surface area contributed by atoms with Crippen LogP contribution in [0.3, 0.4) is 0 Å². The second kappa shape index (κ2) is 6.31. The standard InChI is InChI=1S/C15H21N5O2/c1-10(2)20-12(4-8-17-20)14-11(6-9-22-14)18-15-16-7-5-13(19-15)21-3/h4-5,7-8,10-11,14H,6,9H2,1-3H3,(H,16,18,19)/t11-,14-/m0/s1. The zero-order valence-electron chi connectivity index (χ0n) is 13.1. The number of ether oxygens (including phenoxy) is 2. The summed E-state index contributed by atoms with van der Waals surface area (Å²) in [5.41, 5.74) is 1.08. The number of hydrogen-bond donors (Lipinski definition) is 1. The van der Waals surface area contributed by atoms with E-state index in [1.165, 1.54) is 0 Å². The molecule has 0 bridgehead atoms. The summed E-state index contributed by atoms with van der Waals surface area (Å²) in [5, 5.41) is 7.74. The minimum absolute atomic E-state index is 0.0558. The lowest BCUT2D eigenvalue weighted by atomic mass is 10.1. The van der Waals surface area contributed by atoms with Crippen molar-refractivity contribution in [1.29, 1.82) is 0 Å². The van der Waals surface area contributed by atoms with Crippen molar-refractivity contribution >= 4 is 5.95 Å². The lowest BCUT2D eigenvalue weighted by Gasteiger charge is -2.22. The topological polar surface area (TPSA) is 74.1 Å². The zero-order valence-corrected chi connectivity index (χ0v) is 13.1. The van der Waals surface area contributed by atoms with Crippen LogP contribution < -0.4 is 10.1 Å². The molecule has 7 heteroatoms. The van der Waals surface area contributed by atoms with Crippen molar-refractivity contribution in [2.75, 3.05) is 19.0 Å². The molecular formula is C15H21N5O2. The number of hydrogen-bond acceptors (Lipinski definition) is 6. The summed E-state index contributed by atoms with van der Waals surface area (Å²) in [6, 6.07) is 4.14. The molecule has 0 saturated carbocycles. The summed E-state index contributed by atoms with van der Waals surface area (Å²) >= 11 is 0. The van der Waals surface area contributed by atoms with E-state index in [1.54, 1.807) is 19.4 Å². The Morgan fingerprint density at radius 3 is 3.00 bits per heavy atom. The Hall–Kier alpha value is -2.15. The highest BCUT2D eigenvalue weighted by Gasteiger charge is 2.33. The van der Waals surface area contributed by atoms with E-state index >= 15 is 0 Å². The molecule has 7 nitrogen and oxygen atoms in total. The van der Waals surface area contributed by atoms with Gasteiger partial charge in [0, 0.05) is 31.1 Å². The molecule has 2 aromatic rings. The van der Waals surface area contributed by atoms with Gasteiger partial charge in [-0.25, -0.2) is 4.98 Å². The Morgan fingerprint density at radius 1 is 1.36 bits per heavy atom. The fraction of sp³-hybridized carbons (Fsp3) is 0.533. The quantitative estimate of drug-likeness (QED) is 0.913. The van der Waals surface area contributed by atoms with Gasteiger partial charge in [-0.15, -0.1) is 0 Å². The van der Waals surface area contributed by atoms with Crippen LogP contribution in [0, 0.1) is 0 Å². The minimum Gasteiger partial charge on any atom is -0.481 e. The molecule has 0 radical (unpaired) electrons. The lowest BCUT2D eigenvalue weighted by molar-refractivity contribution is 0.0987. The van der Waals surface area contributed by atoms with E-state index < -0.39 is 0 Å². The first-order chi connectivity index (χ1) is 10.7. The van der Waals surface area contributed by atoms with Crippen LogP contribution in [-0.2, 0) is 4.74 Å². The minimum atomic E-state index is -0.0558. The van der Waals surface area contributed by atoms with Crippen molar-refractivity contribution < 1.29 is 9.47 Å². The van der Waals surface area contributed by atoms with E-state index in [1.807, 2.05) is 16.9 Å². The van der Waals surface area contributed by atoms with Gasteiger partial charge in [-0.3, -0.25) is 4.68 Å². The van der Waals surface area contributed by atoms with Crippen LogP contribution in [-0.4, -0.2) is 39.5 Å². The highest BCUT2D eigenvalue weighted by atomic mass is 16.5. The average Bonchev–Trinajstić information content (AvgIpc) is 3.15. The first-order valence-corrected chi connectivity index (χ1v) is 7.47. The molecule has 3 rings (SSSR count). The fourth-order valence-electron chi connectivity index (χ4n) is 2.70. The van der Waals surface area contributed by atoms with E-state index in [4.69, 9.17) is 9.47 Å². The summed E-state index contributed by atoms with van der Waals surface area (Å²) < 4.78 is 13.0. The summed E-state index contributed by atoms with van der Waals surface area (Å²) in [7, 11) is 1.59. The highest BCUT2D eigenvalue weighted by molar-refractivity contribution is 5.31. The molecule has 0 aromatic carbocycles. The molecule has 0 unspecified atom stereocenters. The predicted octanol–water partition coefficient (Wildman–Crippen LogP) is 2.20. The maximum absolute atomic E-state index is 5.92. The first kappa shape index (κ1) is 14.8. The summed E-state index contributed by atoms with van der Waals surface area (Å²) in [6.07, 6.45) is 4.34. The van der Waals surface area contributed by atoms with Crippen molar-refractivity contribution in [3.63, 3.8) is 0 Å². The Bertz CT molecular complexity index is 628. The number of nitrogens with one attached hydrogen (secondary N) is 1. The van der Waals surface area contributed by atoms with Crippen molar-refractivity contribution in [3.05, 3.63) is 30.2 Å². The number of nitrogens with zero attached hydrogens (tertiary/aromatic N) is 4. The predicted molar refractivity (Wildman–Crippen MR) is 81.9 cm³/mol. The van der Waals surface area contributed by atoms with E-state index in [2.05, 4.69) is 34.2 Å². The third-order valence-corrected chi connectivity index (χ3v) is 3.73.